The Morgan fingerprint density at radius 2 is 1.97 bits per heavy atom. The summed E-state index contributed by atoms with van der Waals surface area (Å²) < 4.78 is 13.4. The number of aryl methyl sites for hydroxylation is 1. The Hall–Kier alpha value is -2.66. The SMILES string of the molecule is COc1cccc(OC(C)c2nnc(SCC(=O)Nc3nnc(C)s3)n2CC(C)C)c1. The van der Waals surface area contributed by atoms with E-state index in [1.807, 2.05) is 42.7 Å². The molecule has 0 spiro atoms. The van der Waals surface area contributed by atoms with Gasteiger partial charge in [-0.3, -0.25) is 10.1 Å². The van der Waals surface area contributed by atoms with Gasteiger partial charge >= 0.3 is 0 Å². The highest BCUT2D eigenvalue weighted by atomic mass is 32.2. The third-order valence-electron chi connectivity index (χ3n) is 4.12. The lowest BCUT2D eigenvalue weighted by Gasteiger charge is -2.18. The second kappa shape index (κ2) is 10.6. The molecular formula is C20H26N6O3S2. The van der Waals surface area contributed by atoms with Crippen molar-refractivity contribution >= 4 is 34.1 Å². The molecule has 1 unspecified atom stereocenters. The number of carbonyl (C=O) groups is 1. The fraction of sp³-hybridized carbons (Fsp3) is 0.450. The summed E-state index contributed by atoms with van der Waals surface area (Å²) in [6.45, 7) is 8.73. The minimum Gasteiger partial charge on any atom is -0.497 e. The van der Waals surface area contributed by atoms with Gasteiger partial charge in [0.25, 0.3) is 0 Å². The maximum absolute atomic E-state index is 12.3. The Kier molecular flexibility index (Phi) is 7.85. The fourth-order valence-corrected chi connectivity index (χ4v) is 4.17. The first kappa shape index (κ1) is 23.0. The van der Waals surface area contributed by atoms with Gasteiger partial charge in [-0.15, -0.1) is 20.4 Å². The molecule has 3 aromatic rings. The number of rotatable bonds is 10. The fourth-order valence-electron chi connectivity index (χ4n) is 2.81. The van der Waals surface area contributed by atoms with Crippen LogP contribution in [0.15, 0.2) is 29.4 Å². The molecule has 9 nitrogen and oxygen atoms in total. The van der Waals surface area contributed by atoms with Crippen LogP contribution in [0.4, 0.5) is 5.13 Å². The number of thioether (sulfide) groups is 1. The van der Waals surface area contributed by atoms with Crippen molar-refractivity contribution in [1.29, 1.82) is 0 Å². The molecule has 0 radical (unpaired) electrons. The lowest BCUT2D eigenvalue weighted by atomic mass is 10.2. The highest BCUT2D eigenvalue weighted by Crippen LogP contribution is 2.27. The van der Waals surface area contributed by atoms with Crippen LogP contribution in [-0.2, 0) is 11.3 Å². The maximum Gasteiger partial charge on any atom is 0.236 e. The second-order valence-electron chi connectivity index (χ2n) is 7.25. The van der Waals surface area contributed by atoms with Crippen molar-refractivity contribution < 1.29 is 14.3 Å². The van der Waals surface area contributed by atoms with Crippen molar-refractivity contribution in [2.75, 3.05) is 18.2 Å². The molecule has 2 heterocycles. The summed E-state index contributed by atoms with van der Waals surface area (Å²) in [5.74, 6) is 2.52. The number of hydrogen-bond donors (Lipinski definition) is 1. The first-order valence-electron chi connectivity index (χ1n) is 9.82. The summed E-state index contributed by atoms with van der Waals surface area (Å²) in [7, 11) is 1.62. The zero-order valence-corrected chi connectivity index (χ0v) is 19.8. The molecule has 0 aliphatic carbocycles. The van der Waals surface area contributed by atoms with E-state index in [1.54, 1.807) is 7.11 Å². The number of ether oxygens (including phenoxy) is 2. The summed E-state index contributed by atoms with van der Waals surface area (Å²) in [5, 5.41) is 21.2. The molecule has 0 bridgehead atoms. The number of hydrogen-bond acceptors (Lipinski definition) is 9. The van der Waals surface area contributed by atoms with Gasteiger partial charge in [-0.2, -0.15) is 0 Å². The van der Waals surface area contributed by atoms with Crippen LogP contribution in [0.3, 0.4) is 0 Å². The number of carbonyl (C=O) groups excluding carboxylic acids is 1. The lowest BCUT2D eigenvalue weighted by Crippen LogP contribution is -2.17. The van der Waals surface area contributed by atoms with E-state index in [0.717, 1.165) is 10.8 Å². The van der Waals surface area contributed by atoms with Crippen molar-refractivity contribution in [2.24, 2.45) is 5.92 Å². The van der Waals surface area contributed by atoms with Gasteiger partial charge in [-0.05, 0) is 31.9 Å². The summed E-state index contributed by atoms with van der Waals surface area (Å²) in [6.07, 6.45) is -0.328. The molecule has 1 N–H and O–H groups in total. The van der Waals surface area contributed by atoms with Crippen LogP contribution < -0.4 is 14.8 Å². The van der Waals surface area contributed by atoms with Crippen molar-refractivity contribution in [1.82, 2.24) is 25.0 Å². The molecular weight excluding hydrogens is 436 g/mol. The van der Waals surface area contributed by atoms with Gasteiger partial charge in [0, 0.05) is 12.6 Å². The predicted octanol–water partition coefficient (Wildman–Crippen LogP) is 3.97. The van der Waals surface area contributed by atoms with E-state index < -0.39 is 0 Å². The average Bonchev–Trinajstić information content (AvgIpc) is 3.31. The Balaban J connectivity index is 1.70. The molecule has 0 aliphatic rings. The molecule has 2 aromatic heterocycles. The molecule has 0 fully saturated rings. The highest BCUT2D eigenvalue weighted by Gasteiger charge is 2.21. The van der Waals surface area contributed by atoms with Crippen molar-refractivity contribution in [3.05, 3.63) is 35.1 Å². The topological polar surface area (TPSA) is 104 Å². The summed E-state index contributed by atoms with van der Waals surface area (Å²) >= 11 is 2.67. The molecule has 31 heavy (non-hydrogen) atoms. The molecule has 1 amide bonds. The molecule has 1 atom stereocenters. The van der Waals surface area contributed by atoms with Crippen molar-refractivity contribution in [3.63, 3.8) is 0 Å². The van der Waals surface area contributed by atoms with Crippen LogP contribution in [0, 0.1) is 12.8 Å². The number of methoxy groups -OCH3 is 1. The number of amides is 1. The van der Waals surface area contributed by atoms with Crippen LogP contribution in [0.5, 0.6) is 11.5 Å². The van der Waals surface area contributed by atoms with Gasteiger partial charge in [0.05, 0.1) is 12.9 Å². The second-order valence-corrected chi connectivity index (χ2v) is 9.37. The van der Waals surface area contributed by atoms with E-state index in [1.165, 1.54) is 23.1 Å². The zero-order valence-electron chi connectivity index (χ0n) is 18.2. The molecule has 1 aromatic carbocycles. The minimum absolute atomic E-state index is 0.164. The summed E-state index contributed by atoms with van der Waals surface area (Å²) in [5.41, 5.74) is 0. The van der Waals surface area contributed by atoms with Gasteiger partial charge in [-0.25, -0.2) is 0 Å². The first-order valence-corrected chi connectivity index (χ1v) is 11.6. The smallest absolute Gasteiger partial charge is 0.236 e. The monoisotopic (exact) mass is 462 g/mol. The van der Waals surface area contributed by atoms with Crippen LogP contribution in [0.2, 0.25) is 0 Å². The minimum atomic E-state index is -0.328. The standard InChI is InChI=1S/C20H26N6O3S2/c1-12(2)10-26-18(13(3)29-16-8-6-7-15(9-16)28-5)23-25-20(26)30-11-17(27)21-19-24-22-14(4)31-19/h6-9,12-13H,10-11H2,1-5H3,(H,21,24,27). The zero-order chi connectivity index (χ0) is 22.4. The van der Waals surface area contributed by atoms with Crippen LogP contribution in [-0.4, -0.2) is 43.7 Å². The Morgan fingerprint density at radius 3 is 2.65 bits per heavy atom. The number of nitrogens with one attached hydrogen (secondary N) is 1. The van der Waals surface area contributed by atoms with Gasteiger partial charge in [0.2, 0.25) is 11.0 Å². The van der Waals surface area contributed by atoms with Crippen LogP contribution in [0.1, 0.15) is 37.7 Å². The van der Waals surface area contributed by atoms with E-state index in [0.29, 0.717) is 34.3 Å². The first-order chi connectivity index (χ1) is 14.9. The third-order valence-corrected chi connectivity index (χ3v) is 5.84. The molecule has 166 valence electrons. The molecule has 0 aliphatic heterocycles. The molecule has 11 heteroatoms. The number of aromatic nitrogens is 5. The summed E-state index contributed by atoms with van der Waals surface area (Å²) in [6, 6.07) is 7.44. The van der Waals surface area contributed by atoms with E-state index in [-0.39, 0.29) is 17.8 Å². The molecule has 0 saturated carbocycles. The molecule has 0 saturated heterocycles. The summed E-state index contributed by atoms with van der Waals surface area (Å²) in [4.78, 5) is 12.3. The van der Waals surface area contributed by atoms with Gasteiger partial charge in [0.1, 0.15) is 16.5 Å². The largest absolute Gasteiger partial charge is 0.497 e. The maximum atomic E-state index is 12.3. The van der Waals surface area contributed by atoms with E-state index >= 15 is 0 Å². The lowest BCUT2D eigenvalue weighted by molar-refractivity contribution is -0.113. The van der Waals surface area contributed by atoms with Crippen molar-refractivity contribution in [2.45, 2.75) is 45.5 Å². The van der Waals surface area contributed by atoms with Crippen LogP contribution >= 0.6 is 23.1 Å². The van der Waals surface area contributed by atoms with E-state index in [4.69, 9.17) is 9.47 Å². The Bertz CT molecular complexity index is 1020. The van der Waals surface area contributed by atoms with Crippen LogP contribution in [0.25, 0.3) is 0 Å². The number of anilines is 1. The normalized spacial score (nSPS) is 12.1. The average molecular weight is 463 g/mol. The van der Waals surface area contributed by atoms with Crippen molar-refractivity contribution in [3.8, 4) is 11.5 Å². The predicted molar refractivity (Wildman–Crippen MR) is 121 cm³/mol. The van der Waals surface area contributed by atoms with Gasteiger partial charge in [0.15, 0.2) is 17.1 Å². The molecule has 3 rings (SSSR count). The van der Waals surface area contributed by atoms with E-state index in [2.05, 4.69) is 39.6 Å². The Morgan fingerprint density at radius 1 is 1.19 bits per heavy atom. The quantitative estimate of drug-likeness (QED) is 0.451. The highest BCUT2D eigenvalue weighted by molar-refractivity contribution is 7.99. The number of nitrogens with zero attached hydrogens (tertiary/aromatic N) is 5. The van der Waals surface area contributed by atoms with Gasteiger partial charge in [-0.1, -0.05) is 43.0 Å². The third kappa shape index (κ3) is 6.41. The number of benzene rings is 1. The van der Waals surface area contributed by atoms with E-state index in [9.17, 15) is 4.79 Å². The Labute approximate surface area is 189 Å². The van der Waals surface area contributed by atoms with Gasteiger partial charge < -0.3 is 14.0 Å².